The van der Waals surface area contributed by atoms with Crippen LogP contribution in [0, 0.1) is 12.3 Å². The van der Waals surface area contributed by atoms with Gasteiger partial charge in [0, 0.05) is 24.8 Å². The fraction of sp³-hybridized carbons (Fsp3) is 0.583. The molecule has 0 saturated carbocycles. The molecule has 0 aromatic carbocycles. The quantitative estimate of drug-likeness (QED) is 0.750. The molecule has 1 fully saturated rings. The van der Waals surface area contributed by atoms with Crippen LogP contribution in [0.4, 0.5) is 32.2 Å². The number of hydrogen-bond donors (Lipinski definition) is 0. The Balaban J connectivity index is 2.05. The minimum Gasteiger partial charge on any atom is -0.355 e. The van der Waals surface area contributed by atoms with Crippen LogP contribution in [0.25, 0.3) is 5.78 Å². The van der Waals surface area contributed by atoms with Crippen LogP contribution < -0.4 is 4.90 Å². The van der Waals surface area contributed by atoms with Crippen molar-refractivity contribution in [2.24, 2.45) is 5.41 Å². The average molecular weight is 339 g/mol. The molecular weight excluding hydrogens is 328 g/mol. The molecule has 5 nitrogen and oxygen atoms in total. The summed E-state index contributed by atoms with van der Waals surface area (Å²) in [7, 11) is 0. The van der Waals surface area contributed by atoms with Crippen LogP contribution in [-0.4, -0.2) is 45.0 Å². The minimum absolute atomic E-state index is 0.111. The highest BCUT2D eigenvalue weighted by atomic mass is 19.4. The van der Waals surface area contributed by atoms with Gasteiger partial charge in [-0.15, -0.1) is 0 Å². The molecule has 0 unspecified atom stereocenters. The second kappa shape index (κ2) is 4.71. The number of aryl methyl sites for hydroxylation is 1. The molecule has 0 N–H and O–H groups in total. The van der Waals surface area contributed by atoms with Crippen LogP contribution in [0.3, 0.4) is 0 Å². The van der Waals surface area contributed by atoms with Gasteiger partial charge in [-0.1, -0.05) is 0 Å². The molecule has 2 aromatic rings. The van der Waals surface area contributed by atoms with Gasteiger partial charge in [-0.3, -0.25) is 0 Å². The highest BCUT2D eigenvalue weighted by molar-refractivity contribution is 5.48. The van der Waals surface area contributed by atoms with Crippen LogP contribution in [0.2, 0.25) is 0 Å². The van der Waals surface area contributed by atoms with Gasteiger partial charge in [-0.05, 0) is 13.3 Å². The molecule has 0 radical (unpaired) electrons. The summed E-state index contributed by atoms with van der Waals surface area (Å²) in [4.78, 5) is 8.86. The first kappa shape index (κ1) is 15.8. The van der Waals surface area contributed by atoms with E-state index in [0.29, 0.717) is 5.69 Å². The van der Waals surface area contributed by atoms with Gasteiger partial charge < -0.3 is 4.90 Å². The molecule has 0 aliphatic carbocycles. The van der Waals surface area contributed by atoms with Crippen molar-refractivity contribution < 1.29 is 26.3 Å². The van der Waals surface area contributed by atoms with E-state index in [9.17, 15) is 26.3 Å². The third-order valence-electron chi connectivity index (χ3n) is 4.04. The lowest BCUT2D eigenvalue weighted by molar-refractivity contribution is -0.332. The van der Waals surface area contributed by atoms with E-state index in [2.05, 4.69) is 15.1 Å². The first-order valence-electron chi connectivity index (χ1n) is 6.61. The Morgan fingerprint density at radius 3 is 2.35 bits per heavy atom. The number of nitrogens with zero attached hydrogens (tertiary/aromatic N) is 5. The Kier molecular flexibility index (Phi) is 3.24. The zero-order valence-electron chi connectivity index (χ0n) is 11.8. The molecule has 0 bridgehead atoms. The Labute approximate surface area is 125 Å². The van der Waals surface area contributed by atoms with Crippen molar-refractivity contribution in [3.8, 4) is 0 Å². The Bertz CT molecular complexity index is 720. The minimum atomic E-state index is -5.39. The van der Waals surface area contributed by atoms with Crippen LogP contribution in [0.5, 0.6) is 0 Å². The molecule has 1 saturated heterocycles. The van der Waals surface area contributed by atoms with Gasteiger partial charge in [0.05, 0.1) is 0 Å². The fourth-order valence-corrected chi connectivity index (χ4v) is 2.77. The van der Waals surface area contributed by atoms with Crippen LogP contribution >= 0.6 is 0 Å². The fourth-order valence-electron chi connectivity index (χ4n) is 2.77. The highest BCUT2D eigenvalue weighted by Crippen LogP contribution is 2.56. The first-order chi connectivity index (χ1) is 10.6. The zero-order chi connectivity index (χ0) is 17.0. The SMILES string of the molecule is Cc1cc(N2CCC(C(F)(F)F)(C(F)(F)F)C2)n2ncnc2n1. The van der Waals surface area contributed by atoms with Gasteiger partial charge in [0.25, 0.3) is 5.78 Å². The average Bonchev–Trinajstić information content (AvgIpc) is 3.02. The topological polar surface area (TPSA) is 46.3 Å². The molecule has 2 aromatic heterocycles. The van der Waals surface area contributed by atoms with Gasteiger partial charge in [0.1, 0.15) is 12.1 Å². The van der Waals surface area contributed by atoms with Crippen molar-refractivity contribution in [1.82, 2.24) is 19.6 Å². The van der Waals surface area contributed by atoms with E-state index in [1.807, 2.05) is 0 Å². The molecule has 11 heteroatoms. The molecule has 3 heterocycles. The third-order valence-corrected chi connectivity index (χ3v) is 4.04. The highest BCUT2D eigenvalue weighted by Gasteiger charge is 2.72. The van der Waals surface area contributed by atoms with E-state index in [1.165, 1.54) is 6.07 Å². The number of anilines is 1. The zero-order valence-corrected chi connectivity index (χ0v) is 11.8. The molecular formula is C12H11F6N5. The van der Waals surface area contributed by atoms with Crippen molar-refractivity contribution in [2.75, 3.05) is 18.0 Å². The number of halogens is 6. The van der Waals surface area contributed by atoms with E-state index in [1.54, 1.807) is 6.92 Å². The van der Waals surface area contributed by atoms with Crippen LogP contribution in [-0.2, 0) is 0 Å². The van der Waals surface area contributed by atoms with Crippen molar-refractivity contribution >= 4 is 11.6 Å². The first-order valence-corrected chi connectivity index (χ1v) is 6.61. The molecule has 0 atom stereocenters. The summed E-state index contributed by atoms with van der Waals surface area (Å²) in [6.45, 7) is -0.0230. The molecule has 0 amide bonds. The van der Waals surface area contributed by atoms with Crippen molar-refractivity contribution in [3.05, 3.63) is 18.1 Å². The Morgan fingerprint density at radius 1 is 1.13 bits per heavy atom. The van der Waals surface area contributed by atoms with Gasteiger partial charge in [0.2, 0.25) is 0 Å². The van der Waals surface area contributed by atoms with Crippen LogP contribution in [0.1, 0.15) is 12.1 Å². The summed E-state index contributed by atoms with van der Waals surface area (Å²) in [6, 6.07) is 1.39. The maximum atomic E-state index is 13.1. The molecule has 1 aliphatic rings. The third kappa shape index (κ3) is 2.29. The monoisotopic (exact) mass is 339 g/mol. The Hall–Kier alpha value is -2.07. The smallest absolute Gasteiger partial charge is 0.355 e. The van der Waals surface area contributed by atoms with Gasteiger partial charge >= 0.3 is 12.4 Å². The summed E-state index contributed by atoms with van der Waals surface area (Å²) in [5.74, 6) is 0.233. The van der Waals surface area contributed by atoms with Crippen LogP contribution in [0.15, 0.2) is 12.4 Å². The standard InChI is InChI=1S/C12H11F6N5/c1-7-4-8(23-9(21-7)19-6-20-23)22-3-2-10(5-22,11(13,14)15)12(16,17)18/h4,6H,2-3,5H2,1H3. The van der Waals surface area contributed by atoms with Gasteiger partial charge in [0.15, 0.2) is 5.41 Å². The summed E-state index contributed by atoms with van der Waals surface area (Å²) in [6.07, 6.45) is -10.7. The number of alkyl halides is 6. The largest absolute Gasteiger partial charge is 0.404 e. The maximum Gasteiger partial charge on any atom is 0.404 e. The molecule has 126 valence electrons. The molecule has 1 aliphatic heterocycles. The molecule has 3 rings (SSSR count). The number of hydrogen-bond acceptors (Lipinski definition) is 4. The van der Waals surface area contributed by atoms with Crippen molar-refractivity contribution in [3.63, 3.8) is 0 Å². The van der Waals surface area contributed by atoms with E-state index in [4.69, 9.17) is 0 Å². The lowest BCUT2D eigenvalue weighted by atomic mass is 9.85. The lowest BCUT2D eigenvalue weighted by Gasteiger charge is -2.33. The number of rotatable bonds is 1. The predicted octanol–water partition coefficient (Wildman–Crippen LogP) is 2.75. The van der Waals surface area contributed by atoms with E-state index in [0.717, 1.165) is 15.7 Å². The summed E-state index contributed by atoms with van der Waals surface area (Å²) in [5.41, 5.74) is -3.32. The lowest BCUT2D eigenvalue weighted by Crippen LogP contribution is -2.51. The van der Waals surface area contributed by atoms with Crippen molar-refractivity contribution in [2.45, 2.75) is 25.7 Å². The van der Waals surface area contributed by atoms with Gasteiger partial charge in [-0.2, -0.15) is 40.9 Å². The van der Waals surface area contributed by atoms with Crippen molar-refractivity contribution in [1.29, 1.82) is 0 Å². The second-order valence-corrected chi connectivity index (χ2v) is 5.48. The molecule has 0 spiro atoms. The summed E-state index contributed by atoms with van der Waals surface area (Å²) < 4.78 is 80.0. The number of aromatic nitrogens is 4. The predicted molar refractivity (Wildman–Crippen MR) is 66.9 cm³/mol. The Morgan fingerprint density at radius 2 is 1.78 bits per heavy atom. The second-order valence-electron chi connectivity index (χ2n) is 5.48. The normalized spacial score (nSPS) is 18.8. The maximum absolute atomic E-state index is 13.1. The summed E-state index contributed by atoms with van der Waals surface area (Å²) >= 11 is 0. The van der Waals surface area contributed by atoms with Gasteiger partial charge in [-0.25, -0.2) is 4.98 Å². The van der Waals surface area contributed by atoms with E-state index in [-0.39, 0.29) is 11.6 Å². The number of fused-ring (bicyclic) bond motifs is 1. The summed E-state index contributed by atoms with van der Waals surface area (Å²) in [5, 5.41) is 3.82. The van der Waals surface area contributed by atoms with E-state index < -0.39 is 37.3 Å². The molecule has 23 heavy (non-hydrogen) atoms. The van der Waals surface area contributed by atoms with E-state index >= 15 is 0 Å².